The van der Waals surface area contributed by atoms with Gasteiger partial charge in [-0.1, -0.05) is 15.9 Å². The van der Waals surface area contributed by atoms with Crippen LogP contribution in [0, 0.1) is 13.8 Å². The number of carbonyl (C=O) groups excluding carboxylic acids is 1. The molecule has 4 heteroatoms. The molecule has 0 aromatic heterocycles. The summed E-state index contributed by atoms with van der Waals surface area (Å²) in [6, 6.07) is 4.10. The van der Waals surface area contributed by atoms with Gasteiger partial charge in [0.1, 0.15) is 0 Å². The average Bonchev–Trinajstić information content (AvgIpc) is 2.66. The Balaban J connectivity index is 2.33. The third-order valence-electron chi connectivity index (χ3n) is 3.29. The Bertz CT molecular complexity index is 436. The van der Waals surface area contributed by atoms with Gasteiger partial charge < -0.3 is 10.2 Å². The van der Waals surface area contributed by atoms with E-state index >= 15 is 0 Å². The minimum Gasteiger partial charge on any atom is -0.311 e. The van der Waals surface area contributed by atoms with Crippen molar-refractivity contribution in [3.8, 4) is 0 Å². The van der Waals surface area contributed by atoms with Gasteiger partial charge >= 0.3 is 0 Å². The van der Waals surface area contributed by atoms with E-state index in [9.17, 15) is 4.79 Å². The van der Waals surface area contributed by atoms with Gasteiger partial charge in [0, 0.05) is 16.7 Å². The van der Waals surface area contributed by atoms with E-state index < -0.39 is 0 Å². The molecule has 0 aliphatic carbocycles. The van der Waals surface area contributed by atoms with E-state index in [1.54, 1.807) is 0 Å². The Morgan fingerprint density at radius 2 is 1.94 bits per heavy atom. The number of hydrogen-bond acceptors (Lipinski definition) is 2. The molecule has 2 rings (SSSR count). The predicted octanol–water partition coefficient (Wildman–Crippen LogP) is 2.39. The SMILES string of the molecule is CNC1CCN(c2cc(C)c(Br)c(C)c2)C1=O. The first-order valence-corrected chi connectivity index (χ1v) is 6.59. The molecule has 92 valence electrons. The molecule has 3 nitrogen and oxygen atoms in total. The van der Waals surface area contributed by atoms with Gasteiger partial charge in [-0.05, 0) is 50.6 Å². The molecule has 1 N–H and O–H groups in total. The molecule has 1 heterocycles. The van der Waals surface area contributed by atoms with Crippen LogP contribution >= 0.6 is 15.9 Å². The first-order valence-electron chi connectivity index (χ1n) is 5.80. The maximum atomic E-state index is 12.1. The standard InChI is InChI=1S/C13H17BrN2O/c1-8-6-10(7-9(2)12(8)14)16-5-4-11(15-3)13(16)17/h6-7,11,15H,4-5H2,1-3H3. The third-order valence-corrected chi connectivity index (χ3v) is 4.54. The summed E-state index contributed by atoms with van der Waals surface area (Å²) in [6.45, 7) is 4.90. The van der Waals surface area contributed by atoms with E-state index in [1.165, 1.54) is 11.1 Å². The number of hydrogen-bond donors (Lipinski definition) is 1. The van der Waals surface area contributed by atoms with Crippen LogP contribution in [-0.4, -0.2) is 25.5 Å². The number of anilines is 1. The third kappa shape index (κ3) is 2.24. The molecule has 17 heavy (non-hydrogen) atoms. The van der Waals surface area contributed by atoms with Crippen molar-refractivity contribution in [2.75, 3.05) is 18.5 Å². The number of halogens is 1. The number of benzene rings is 1. The number of nitrogens with zero attached hydrogens (tertiary/aromatic N) is 1. The molecule has 1 atom stereocenters. The maximum Gasteiger partial charge on any atom is 0.244 e. The lowest BCUT2D eigenvalue weighted by Gasteiger charge is -2.19. The van der Waals surface area contributed by atoms with Crippen molar-refractivity contribution in [2.24, 2.45) is 0 Å². The normalized spacial score (nSPS) is 20.1. The van der Waals surface area contributed by atoms with Gasteiger partial charge in [-0.2, -0.15) is 0 Å². The van der Waals surface area contributed by atoms with Crippen LogP contribution in [0.15, 0.2) is 16.6 Å². The number of carbonyl (C=O) groups is 1. The van der Waals surface area contributed by atoms with E-state index in [0.717, 1.165) is 23.1 Å². The van der Waals surface area contributed by atoms with Gasteiger partial charge in [0.05, 0.1) is 6.04 Å². The monoisotopic (exact) mass is 296 g/mol. The van der Waals surface area contributed by atoms with Crippen LogP contribution in [0.1, 0.15) is 17.5 Å². The molecule has 0 saturated carbocycles. The van der Waals surface area contributed by atoms with E-state index in [-0.39, 0.29) is 11.9 Å². The second-order valence-corrected chi connectivity index (χ2v) is 5.31. The second-order valence-electron chi connectivity index (χ2n) is 4.51. The quantitative estimate of drug-likeness (QED) is 0.909. The van der Waals surface area contributed by atoms with Crippen molar-refractivity contribution in [1.82, 2.24) is 5.32 Å². The molecule has 1 aliphatic rings. The van der Waals surface area contributed by atoms with Crippen molar-refractivity contribution in [1.29, 1.82) is 0 Å². The molecule has 1 saturated heterocycles. The van der Waals surface area contributed by atoms with Crippen LogP contribution in [0.25, 0.3) is 0 Å². The van der Waals surface area contributed by atoms with Crippen LogP contribution in [0.5, 0.6) is 0 Å². The van der Waals surface area contributed by atoms with Crippen molar-refractivity contribution in [2.45, 2.75) is 26.3 Å². The van der Waals surface area contributed by atoms with Crippen molar-refractivity contribution < 1.29 is 4.79 Å². The summed E-state index contributed by atoms with van der Waals surface area (Å²) in [4.78, 5) is 14.0. The highest BCUT2D eigenvalue weighted by molar-refractivity contribution is 9.10. The molecule has 1 fully saturated rings. The molecule has 1 unspecified atom stereocenters. The Kier molecular flexibility index (Phi) is 3.54. The molecule has 1 aromatic carbocycles. The number of rotatable bonds is 2. The molecular formula is C13H17BrN2O. The van der Waals surface area contributed by atoms with Gasteiger partial charge in [0.2, 0.25) is 5.91 Å². The fraction of sp³-hybridized carbons (Fsp3) is 0.462. The minimum absolute atomic E-state index is 0.0285. The van der Waals surface area contributed by atoms with Crippen LogP contribution < -0.4 is 10.2 Å². The van der Waals surface area contributed by atoms with Crippen molar-refractivity contribution >= 4 is 27.5 Å². The van der Waals surface area contributed by atoms with Crippen molar-refractivity contribution in [3.63, 3.8) is 0 Å². The van der Waals surface area contributed by atoms with Gasteiger partial charge in [-0.25, -0.2) is 0 Å². The van der Waals surface area contributed by atoms with Crippen LogP contribution in [0.2, 0.25) is 0 Å². The maximum absolute atomic E-state index is 12.1. The van der Waals surface area contributed by atoms with Crippen LogP contribution in [-0.2, 0) is 4.79 Å². The number of likely N-dealkylation sites (N-methyl/N-ethyl adjacent to an activating group) is 1. The zero-order valence-electron chi connectivity index (χ0n) is 10.4. The lowest BCUT2D eigenvalue weighted by atomic mass is 10.1. The van der Waals surface area contributed by atoms with Gasteiger partial charge in [-0.15, -0.1) is 0 Å². The topological polar surface area (TPSA) is 32.3 Å². The van der Waals surface area contributed by atoms with Gasteiger partial charge in [-0.3, -0.25) is 4.79 Å². The van der Waals surface area contributed by atoms with E-state index in [4.69, 9.17) is 0 Å². The summed E-state index contributed by atoms with van der Waals surface area (Å²) in [7, 11) is 1.84. The summed E-state index contributed by atoms with van der Waals surface area (Å²) in [6.07, 6.45) is 0.878. The van der Waals surface area contributed by atoms with Gasteiger partial charge in [0.25, 0.3) is 0 Å². The Morgan fingerprint density at radius 1 is 1.35 bits per heavy atom. The van der Waals surface area contributed by atoms with Crippen molar-refractivity contribution in [3.05, 3.63) is 27.7 Å². The number of nitrogens with one attached hydrogen (secondary N) is 1. The van der Waals surface area contributed by atoms with Gasteiger partial charge in [0.15, 0.2) is 0 Å². The zero-order chi connectivity index (χ0) is 12.6. The number of aryl methyl sites for hydroxylation is 2. The largest absolute Gasteiger partial charge is 0.311 e. The fourth-order valence-corrected chi connectivity index (χ4v) is 2.51. The highest BCUT2D eigenvalue weighted by Crippen LogP contribution is 2.29. The molecule has 0 spiro atoms. The van der Waals surface area contributed by atoms with Crippen LogP contribution in [0.3, 0.4) is 0 Å². The molecule has 1 aromatic rings. The first kappa shape index (κ1) is 12.6. The highest BCUT2D eigenvalue weighted by atomic mass is 79.9. The highest BCUT2D eigenvalue weighted by Gasteiger charge is 2.31. The summed E-state index contributed by atoms with van der Waals surface area (Å²) in [5.74, 6) is 0.175. The Labute approximate surface area is 110 Å². The average molecular weight is 297 g/mol. The van der Waals surface area contributed by atoms with E-state index in [0.29, 0.717) is 0 Å². The summed E-state index contributed by atoms with van der Waals surface area (Å²) >= 11 is 3.55. The summed E-state index contributed by atoms with van der Waals surface area (Å²) in [5.41, 5.74) is 3.34. The Hall–Kier alpha value is -0.870. The van der Waals surface area contributed by atoms with Crippen LogP contribution in [0.4, 0.5) is 5.69 Å². The zero-order valence-corrected chi connectivity index (χ0v) is 12.0. The van der Waals surface area contributed by atoms with E-state index in [2.05, 4.69) is 47.2 Å². The summed E-state index contributed by atoms with van der Waals surface area (Å²) < 4.78 is 1.12. The molecule has 0 bridgehead atoms. The number of amides is 1. The lowest BCUT2D eigenvalue weighted by Crippen LogP contribution is -2.36. The molecule has 1 amide bonds. The molecular weight excluding hydrogens is 280 g/mol. The summed E-state index contributed by atoms with van der Waals surface area (Å²) in [5, 5.41) is 3.05. The predicted molar refractivity (Wildman–Crippen MR) is 73.4 cm³/mol. The Morgan fingerprint density at radius 3 is 2.41 bits per heavy atom. The molecule has 0 radical (unpaired) electrons. The van der Waals surface area contributed by atoms with E-state index in [1.807, 2.05) is 11.9 Å². The first-order chi connectivity index (χ1) is 8.04. The molecule has 1 aliphatic heterocycles. The second kappa shape index (κ2) is 4.78. The fourth-order valence-electron chi connectivity index (χ4n) is 2.28. The smallest absolute Gasteiger partial charge is 0.244 e. The minimum atomic E-state index is -0.0285. The lowest BCUT2D eigenvalue weighted by molar-refractivity contribution is -0.118.